The third kappa shape index (κ3) is 5.83. The molecule has 1 aromatic heterocycles. The second-order valence-corrected chi connectivity index (χ2v) is 7.16. The van der Waals surface area contributed by atoms with Gasteiger partial charge in [0.05, 0.1) is 17.2 Å². The molecule has 2 rings (SSSR count). The lowest BCUT2D eigenvalue weighted by molar-refractivity contribution is 0.206. The molecule has 1 aromatic carbocycles. The van der Waals surface area contributed by atoms with E-state index >= 15 is 0 Å². The van der Waals surface area contributed by atoms with Crippen LogP contribution in [0.4, 0.5) is 4.79 Å². The number of rotatable bonds is 8. The third-order valence-electron chi connectivity index (χ3n) is 4.25. The molecule has 0 saturated heterocycles. The molecule has 0 aliphatic rings. The van der Waals surface area contributed by atoms with Gasteiger partial charge in [-0.3, -0.25) is 4.90 Å². The fourth-order valence-electron chi connectivity index (χ4n) is 2.67. The second kappa shape index (κ2) is 9.53. The number of aromatic nitrogens is 1. The van der Waals surface area contributed by atoms with Crippen molar-refractivity contribution >= 4 is 17.4 Å². The Morgan fingerprint density at radius 3 is 2.44 bits per heavy atom. The van der Waals surface area contributed by atoms with Crippen LogP contribution in [0.3, 0.4) is 0 Å². The molecule has 0 atom stereocenters. The van der Waals surface area contributed by atoms with Crippen molar-refractivity contribution in [2.24, 2.45) is 0 Å². The minimum absolute atomic E-state index is 0.0803. The number of thiazole rings is 1. The highest BCUT2D eigenvalue weighted by molar-refractivity contribution is 7.09. The summed E-state index contributed by atoms with van der Waals surface area (Å²) in [5.41, 5.74) is 3.37. The van der Waals surface area contributed by atoms with Gasteiger partial charge in [0.15, 0.2) is 0 Å². The quantitative estimate of drug-likeness (QED) is 0.782. The van der Waals surface area contributed by atoms with Gasteiger partial charge in [0.2, 0.25) is 0 Å². The highest BCUT2D eigenvalue weighted by atomic mass is 32.1. The summed E-state index contributed by atoms with van der Waals surface area (Å²) in [5.74, 6) is 0. The van der Waals surface area contributed by atoms with Crippen LogP contribution < -0.4 is 5.32 Å². The van der Waals surface area contributed by atoms with Crippen molar-refractivity contribution in [1.82, 2.24) is 20.1 Å². The fourth-order valence-corrected chi connectivity index (χ4v) is 3.28. The molecule has 6 heteroatoms. The molecular formula is C19H28N4OS. The fraction of sp³-hybridized carbons (Fsp3) is 0.474. The number of nitrogens with zero attached hydrogens (tertiary/aromatic N) is 3. The van der Waals surface area contributed by atoms with Gasteiger partial charge in [-0.2, -0.15) is 0 Å². The van der Waals surface area contributed by atoms with Crippen LogP contribution in [0.2, 0.25) is 0 Å². The van der Waals surface area contributed by atoms with E-state index in [0.717, 1.165) is 30.3 Å². The van der Waals surface area contributed by atoms with E-state index in [1.165, 1.54) is 11.1 Å². The Balaban J connectivity index is 1.92. The van der Waals surface area contributed by atoms with E-state index in [1.54, 1.807) is 23.3 Å². The van der Waals surface area contributed by atoms with Crippen molar-refractivity contribution in [3.63, 3.8) is 0 Å². The molecule has 5 nitrogen and oxygen atoms in total. The van der Waals surface area contributed by atoms with E-state index in [4.69, 9.17) is 0 Å². The van der Waals surface area contributed by atoms with Crippen molar-refractivity contribution in [3.8, 4) is 0 Å². The average Bonchev–Trinajstić information content (AvgIpc) is 3.03. The number of urea groups is 1. The molecule has 0 radical (unpaired) electrons. The maximum absolute atomic E-state index is 12.4. The summed E-state index contributed by atoms with van der Waals surface area (Å²) in [4.78, 5) is 20.8. The molecular weight excluding hydrogens is 332 g/mol. The maximum atomic E-state index is 12.4. The molecule has 0 bridgehead atoms. The first-order chi connectivity index (χ1) is 12.0. The van der Waals surface area contributed by atoms with Crippen molar-refractivity contribution < 1.29 is 4.79 Å². The van der Waals surface area contributed by atoms with E-state index in [0.29, 0.717) is 13.1 Å². The van der Waals surface area contributed by atoms with Crippen molar-refractivity contribution in [1.29, 1.82) is 0 Å². The molecule has 0 fully saturated rings. The summed E-state index contributed by atoms with van der Waals surface area (Å²) in [6.07, 6.45) is 0. The Bertz CT molecular complexity index is 682. The van der Waals surface area contributed by atoms with Crippen molar-refractivity contribution in [3.05, 3.63) is 51.5 Å². The normalized spacial score (nSPS) is 10.9. The van der Waals surface area contributed by atoms with Crippen LogP contribution in [0, 0.1) is 6.92 Å². The van der Waals surface area contributed by atoms with Crippen LogP contribution in [0.1, 0.15) is 35.7 Å². The van der Waals surface area contributed by atoms with Gasteiger partial charge in [-0.25, -0.2) is 9.78 Å². The molecule has 1 N–H and O–H groups in total. The predicted octanol–water partition coefficient (Wildman–Crippen LogP) is 3.63. The summed E-state index contributed by atoms with van der Waals surface area (Å²) in [5, 5.41) is 6.04. The largest absolute Gasteiger partial charge is 0.334 e. The number of nitrogens with one attached hydrogen (secondary N) is 1. The Morgan fingerprint density at radius 1 is 1.16 bits per heavy atom. The van der Waals surface area contributed by atoms with Crippen LogP contribution in [0.15, 0.2) is 29.6 Å². The second-order valence-electron chi connectivity index (χ2n) is 6.10. The Morgan fingerprint density at radius 2 is 1.84 bits per heavy atom. The highest BCUT2D eigenvalue weighted by Crippen LogP contribution is 2.13. The summed E-state index contributed by atoms with van der Waals surface area (Å²) in [7, 11) is 1.80. The van der Waals surface area contributed by atoms with Gasteiger partial charge in [0, 0.05) is 25.5 Å². The molecule has 2 aromatic rings. The summed E-state index contributed by atoms with van der Waals surface area (Å²) in [6, 6.07) is 8.23. The monoisotopic (exact) mass is 360 g/mol. The number of carbonyl (C=O) groups excluding carboxylic acids is 1. The average molecular weight is 361 g/mol. The molecule has 0 unspecified atom stereocenters. The first-order valence-corrected chi connectivity index (χ1v) is 9.60. The van der Waals surface area contributed by atoms with Crippen LogP contribution in [0.25, 0.3) is 0 Å². The van der Waals surface area contributed by atoms with Crippen LogP contribution in [-0.2, 0) is 19.6 Å². The number of carbonyl (C=O) groups is 1. The summed E-state index contributed by atoms with van der Waals surface area (Å²) >= 11 is 1.61. The van der Waals surface area contributed by atoms with E-state index in [1.807, 2.05) is 18.4 Å². The zero-order chi connectivity index (χ0) is 18.2. The number of benzene rings is 1. The molecule has 2 amide bonds. The smallest absolute Gasteiger partial charge is 0.317 e. The summed E-state index contributed by atoms with van der Waals surface area (Å²) < 4.78 is 0. The molecule has 0 aliphatic carbocycles. The van der Waals surface area contributed by atoms with Crippen molar-refractivity contribution in [2.75, 3.05) is 20.1 Å². The topological polar surface area (TPSA) is 48.5 Å². The Kier molecular flexibility index (Phi) is 7.40. The van der Waals surface area contributed by atoms with E-state index in [-0.39, 0.29) is 6.03 Å². The standard InChI is InChI=1S/C19H28N4OS/c1-5-23(6-2)12-17-10-8-7-9-16(17)11-20-19(24)22(4)13-18-14-25-15(3)21-18/h7-10,14H,5-6,11-13H2,1-4H3,(H,20,24). The van der Waals surface area contributed by atoms with Gasteiger partial charge in [-0.05, 0) is 31.1 Å². The maximum Gasteiger partial charge on any atom is 0.317 e. The number of hydrogen-bond donors (Lipinski definition) is 1. The lowest BCUT2D eigenvalue weighted by Crippen LogP contribution is -2.36. The molecule has 0 saturated carbocycles. The zero-order valence-corrected chi connectivity index (χ0v) is 16.4. The first kappa shape index (κ1) is 19.4. The van der Waals surface area contributed by atoms with Crippen LogP contribution in [0.5, 0.6) is 0 Å². The lowest BCUT2D eigenvalue weighted by Gasteiger charge is -2.21. The van der Waals surface area contributed by atoms with Gasteiger partial charge in [0.1, 0.15) is 0 Å². The number of aryl methyl sites for hydroxylation is 1. The lowest BCUT2D eigenvalue weighted by atomic mass is 10.1. The van der Waals surface area contributed by atoms with Crippen LogP contribution in [-0.4, -0.2) is 41.0 Å². The molecule has 0 spiro atoms. The molecule has 1 heterocycles. The van der Waals surface area contributed by atoms with Crippen molar-refractivity contribution in [2.45, 2.75) is 40.4 Å². The van der Waals surface area contributed by atoms with Crippen LogP contribution >= 0.6 is 11.3 Å². The number of amides is 2. The molecule has 136 valence electrons. The van der Waals surface area contributed by atoms with Gasteiger partial charge >= 0.3 is 6.03 Å². The van der Waals surface area contributed by atoms with E-state index in [2.05, 4.69) is 47.2 Å². The highest BCUT2D eigenvalue weighted by Gasteiger charge is 2.12. The molecule has 25 heavy (non-hydrogen) atoms. The minimum Gasteiger partial charge on any atom is -0.334 e. The predicted molar refractivity (Wildman–Crippen MR) is 104 cm³/mol. The Hall–Kier alpha value is -1.92. The first-order valence-electron chi connectivity index (χ1n) is 8.72. The zero-order valence-electron chi connectivity index (χ0n) is 15.6. The SMILES string of the molecule is CCN(CC)Cc1ccccc1CNC(=O)N(C)Cc1csc(C)n1. The molecule has 0 aliphatic heterocycles. The van der Waals surface area contributed by atoms with E-state index < -0.39 is 0 Å². The van der Waals surface area contributed by atoms with Gasteiger partial charge in [-0.1, -0.05) is 38.1 Å². The van der Waals surface area contributed by atoms with Gasteiger partial charge in [0.25, 0.3) is 0 Å². The minimum atomic E-state index is -0.0803. The van der Waals surface area contributed by atoms with Gasteiger partial charge in [-0.15, -0.1) is 11.3 Å². The van der Waals surface area contributed by atoms with E-state index in [9.17, 15) is 4.79 Å². The Labute approximate surface area is 154 Å². The number of hydrogen-bond acceptors (Lipinski definition) is 4. The third-order valence-corrected chi connectivity index (χ3v) is 5.07. The summed E-state index contributed by atoms with van der Waals surface area (Å²) in [6.45, 7) is 10.3. The van der Waals surface area contributed by atoms with Gasteiger partial charge < -0.3 is 10.2 Å².